The highest BCUT2D eigenvalue weighted by atomic mass is 35.5. The Balaban J connectivity index is 2.21. The maximum atomic E-state index is 10.6. The summed E-state index contributed by atoms with van der Waals surface area (Å²) < 4.78 is 5.46. The first-order valence-electron chi connectivity index (χ1n) is 4.83. The average Bonchev–Trinajstić information content (AvgIpc) is 2.32. The zero-order chi connectivity index (χ0) is 12.3. The molecular weight excluding hydrogens is 242 g/mol. The lowest BCUT2D eigenvalue weighted by atomic mass is 10.3. The van der Waals surface area contributed by atoms with E-state index < -0.39 is 4.92 Å². The van der Waals surface area contributed by atoms with Crippen molar-refractivity contribution in [2.45, 2.75) is 0 Å². The molecule has 0 aliphatic carbocycles. The molecule has 0 bridgehead atoms. The molecule has 0 atom stereocenters. The van der Waals surface area contributed by atoms with Gasteiger partial charge in [-0.15, -0.1) is 0 Å². The van der Waals surface area contributed by atoms with Crippen LogP contribution >= 0.6 is 11.6 Å². The highest BCUT2D eigenvalue weighted by molar-refractivity contribution is 6.30. The summed E-state index contributed by atoms with van der Waals surface area (Å²) in [6.45, 7) is 0. The molecule has 0 spiro atoms. The lowest BCUT2D eigenvalue weighted by molar-refractivity contribution is -0.384. The molecule has 2 aromatic rings. The highest BCUT2D eigenvalue weighted by Gasteiger charge is 2.06. The van der Waals surface area contributed by atoms with Crippen LogP contribution in [0.2, 0.25) is 5.02 Å². The van der Waals surface area contributed by atoms with Crippen LogP contribution in [0.1, 0.15) is 0 Å². The summed E-state index contributed by atoms with van der Waals surface area (Å²) in [5, 5.41) is 11.2. The molecule has 86 valence electrons. The number of nitrogens with zero attached hydrogens (tertiary/aromatic N) is 1. The summed E-state index contributed by atoms with van der Waals surface area (Å²) in [5.41, 5.74) is -0.00327. The van der Waals surface area contributed by atoms with Crippen LogP contribution in [-0.4, -0.2) is 4.92 Å². The molecule has 0 aromatic heterocycles. The van der Waals surface area contributed by atoms with E-state index in [-0.39, 0.29) is 5.69 Å². The maximum Gasteiger partial charge on any atom is 0.273 e. The number of hydrogen-bond donors (Lipinski definition) is 0. The van der Waals surface area contributed by atoms with Gasteiger partial charge in [-0.25, -0.2) is 0 Å². The Kier molecular flexibility index (Phi) is 3.25. The van der Waals surface area contributed by atoms with Crippen molar-refractivity contribution in [1.82, 2.24) is 0 Å². The van der Waals surface area contributed by atoms with Crippen LogP contribution in [0.3, 0.4) is 0 Å². The third-order valence-electron chi connectivity index (χ3n) is 2.08. The van der Waals surface area contributed by atoms with Crippen LogP contribution in [0, 0.1) is 10.1 Å². The highest BCUT2D eigenvalue weighted by Crippen LogP contribution is 2.25. The molecule has 17 heavy (non-hydrogen) atoms. The van der Waals surface area contributed by atoms with E-state index in [4.69, 9.17) is 16.3 Å². The third kappa shape index (κ3) is 2.95. The maximum absolute atomic E-state index is 10.6. The molecule has 0 unspecified atom stereocenters. The Morgan fingerprint density at radius 2 is 1.76 bits per heavy atom. The average molecular weight is 250 g/mol. The molecule has 5 heteroatoms. The molecule has 0 fully saturated rings. The van der Waals surface area contributed by atoms with E-state index in [2.05, 4.69) is 0 Å². The molecule has 0 aliphatic rings. The zero-order valence-corrected chi connectivity index (χ0v) is 9.42. The third-order valence-corrected chi connectivity index (χ3v) is 2.33. The monoisotopic (exact) mass is 249 g/mol. The number of halogens is 1. The van der Waals surface area contributed by atoms with E-state index in [0.29, 0.717) is 16.5 Å². The van der Waals surface area contributed by atoms with Crippen LogP contribution in [0.5, 0.6) is 11.5 Å². The van der Waals surface area contributed by atoms with Gasteiger partial charge in [-0.3, -0.25) is 10.1 Å². The first kappa shape index (κ1) is 11.4. The van der Waals surface area contributed by atoms with Gasteiger partial charge in [0.2, 0.25) is 0 Å². The summed E-state index contributed by atoms with van der Waals surface area (Å²) in [5.74, 6) is 0.997. The second-order valence-corrected chi connectivity index (χ2v) is 3.75. The fraction of sp³-hybridized carbons (Fsp3) is 0. The SMILES string of the molecule is O=[N+]([O-])c1cccc(Oc2ccc(Cl)cc2)c1. The van der Waals surface area contributed by atoms with E-state index in [9.17, 15) is 10.1 Å². The Bertz CT molecular complexity index is 540. The number of rotatable bonds is 3. The summed E-state index contributed by atoms with van der Waals surface area (Å²) >= 11 is 5.74. The van der Waals surface area contributed by atoms with Gasteiger partial charge < -0.3 is 4.74 Å². The van der Waals surface area contributed by atoms with Crippen LogP contribution < -0.4 is 4.74 Å². The van der Waals surface area contributed by atoms with E-state index >= 15 is 0 Å². The number of hydrogen-bond acceptors (Lipinski definition) is 3. The molecule has 2 aromatic carbocycles. The van der Waals surface area contributed by atoms with Crippen molar-refractivity contribution in [3.8, 4) is 11.5 Å². The lowest BCUT2D eigenvalue weighted by Gasteiger charge is -2.04. The normalized spacial score (nSPS) is 9.94. The van der Waals surface area contributed by atoms with Crippen molar-refractivity contribution in [3.63, 3.8) is 0 Å². The van der Waals surface area contributed by atoms with Crippen molar-refractivity contribution in [1.29, 1.82) is 0 Å². The van der Waals surface area contributed by atoms with Gasteiger partial charge in [0.25, 0.3) is 5.69 Å². The zero-order valence-electron chi connectivity index (χ0n) is 8.67. The Labute approximate surface area is 103 Å². The van der Waals surface area contributed by atoms with Gasteiger partial charge in [0.05, 0.1) is 11.0 Å². The van der Waals surface area contributed by atoms with Gasteiger partial charge in [-0.2, -0.15) is 0 Å². The van der Waals surface area contributed by atoms with Gasteiger partial charge in [0, 0.05) is 11.1 Å². The smallest absolute Gasteiger partial charge is 0.273 e. The topological polar surface area (TPSA) is 52.4 Å². The molecule has 0 saturated carbocycles. The number of ether oxygens (including phenoxy) is 1. The minimum atomic E-state index is -0.464. The van der Waals surface area contributed by atoms with Crippen molar-refractivity contribution in [3.05, 3.63) is 63.7 Å². The fourth-order valence-corrected chi connectivity index (χ4v) is 1.43. The first-order valence-corrected chi connectivity index (χ1v) is 5.21. The number of nitro groups is 1. The minimum Gasteiger partial charge on any atom is -0.457 e. The van der Waals surface area contributed by atoms with Gasteiger partial charge in [-0.05, 0) is 30.3 Å². The van der Waals surface area contributed by atoms with Crippen molar-refractivity contribution < 1.29 is 9.66 Å². The summed E-state index contributed by atoms with van der Waals surface area (Å²) in [7, 11) is 0. The quantitative estimate of drug-likeness (QED) is 0.609. The molecule has 0 radical (unpaired) electrons. The lowest BCUT2D eigenvalue weighted by Crippen LogP contribution is -1.89. The van der Waals surface area contributed by atoms with Gasteiger partial charge in [0.1, 0.15) is 11.5 Å². The molecule has 0 heterocycles. The molecule has 0 saturated heterocycles. The van der Waals surface area contributed by atoms with Crippen LogP contribution in [0.4, 0.5) is 5.69 Å². The van der Waals surface area contributed by atoms with Gasteiger partial charge in [-0.1, -0.05) is 17.7 Å². The van der Waals surface area contributed by atoms with Crippen LogP contribution in [-0.2, 0) is 0 Å². The molecule has 0 amide bonds. The van der Waals surface area contributed by atoms with E-state index in [1.807, 2.05) is 0 Å². The summed E-state index contributed by atoms with van der Waals surface area (Å²) in [6, 6.07) is 12.8. The number of benzene rings is 2. The summed E-state index contributed by atoms with van der Waals surface area (Å²) in [6.07, 6.45) is 0. The molecule has 0 aliphatic heterocycles. The number of nitro benzene ring substituents is 1. The Morgan fingerprint density at radius 1 is 1.06 bits per heavy atom. The van der Waals surface area contributed by atoms with Crippen LogP contribution in [0.25, 0.3) is 0 Å². The molecule has 0 N–H and O–H groups in total. The molecular formula is C12H8ClNO3. The predicted molar refractivity (Wildman–Crippen MR) is 64.6 cm³/mol. The second-order valence-electron chi connectivity index (χ2n) is 3.31. The minimum absolute atomic E-state index is 0.00327. The van der Waals surface area contributed by atoms with Crippen LogP contribution in [0.15, 0.2) is 48.5 Å². The van der Waals surface area contributed by atoms with E-state index in [1.54, 1.807) is 36.4 Å². The van der Waals surface area contributed by atoms with E-state index in [0.717, 1.165) is 0 Å². The summed E-state index contributed by atoms with van der Waals surface area (Å²) in [4.78, 5) is 10.1. The Hall–Kier alpha value is -2.07. The predicted octanol–water partition coefficient (Wildman–Crippen LogP) is 4.04. The van der Waals surface area contributed by atoms with Gasteiger partial charge in [0.15, 0.2) is 0 Å². The Morgan fingerprint density at radius 3 is 2.41 bits per heavy atom. The first-order chi connectivity index (χ1) is 8.15. The van der Waals surface area contributed by atoms with Crippen molar-refractivity contribution in [2.75, 3.05) is 0 Å². The standard InChI is InChI=1S/C12H8ClNO3/c13-9-4-6-11(7-5-9)17-12-3-1-2-10(8-12)14(15)16/h1-8H. The van der Waals surface area contributed by atoms with E-state index in [1.165, 1.54) is 12.1 Å². The fourth-order valence-electron chi connectivity index (χ4n) is 1.30. The number of non-ortho nitro benzene ring substituents is 1. The van der Waals surface area contributed by atoms with Crippen molar-refractivity contribution in [2.24, 2.45) is 0 Å². The van der Waals surface area contributed by atoms with Crippen molar-refractivity contribution >= 4 is 17.3 Å². The molecule has 4 nitrogen and oxygen atoms in total. The largest absolute Gasteiger partial charge is 0.457 e. The second kappa shape index (κ2) is 4.84. The van der Waals surface area contributed by atoms with Gasteiger partial charge >= 0.3 is 0 Å². The molecule has 2 rings (SSSR count).